The summed E-state index contributed by atoms with van der Waals surface area (Å²) in [5, 5.41) is 2.03. The van der Waals surface area contributed by atoms with Gasteiger partial charge in [-0.2, -0.15) is 0 Å². The molecule has 0 saturated carbocycles. The van der Waals surface area contributed by atoms with Crippen molar-refractivity contribution in [2.24, 2.45) is 5.73 Å². The molecular formula is C3H6N2O3. The molecule has 46 valence electrons. The molecule has 0 spiro atoms. The van der Waals surface area contributed by atoms with Gasteiger partial charge in [-0.1, -0.05) is 0 Å². The minimum Gasteiger partial charge on any atom is -0.360 e. The zero-order valence-electron chi connectivity index (χ0n) is 4.30. The van der Waals surface area contributed by atoms with Gasteiger partial charge in [0.1, 0.15) is 0 Å². The number of rotatable bonds is 0. The molecule has 0 bridgehead atoms. The number of nitrogens with two attached hydrogens (primary N) is 1. The Morgan fingerprint density at radius 2 is 2.12 bits per heavy atom. The predicted octanol–water partition coefficient (Wildman–Crippen LogP) is -0.579. The van der Waals surface area contributed by atoms with Crippen molar-refractivity contribution in [1.29, 1.82) is 0 Å². The minimum absolute atomic E-state index is 0.850. The average Bonchev–Trinajstić information content (AvgIpc) is 1.65. The molecule has 0 aromatic carbocycles. The first kappa shape index (κ1) is 6.74. The molecule has 3 N–H and O–H groups in total. The highest BCUT2D eigenvalue weighted by molar-refractivity contribution is 5.82. The molecule has 8 heavy (non-hydrogen) atoms. The Balaban J connectivity index is 3.40. The second-order valence-corrected chi connectivity index (χ2v) is 0.959. The summed E-state index contributed by atoms with van der Waals surface area (Å²) in [4.78, 5) is 19.7. The summed E-state index contributed by atoms with van der Waals surface area (Å²) in [6.45, 7) is 0. The molecule has 2 amide bonds. The van der Waals surface area contributed by atoms with E-state index in [1.165, 1.54) is 7.05 Å². The fourth-order valence-corrected chi connectivity index (χ4v) is 0.142. The van der Waals surface area contributed by atoms with Crippen molar-refractivity contribution < 1.29 is 14.3 Å². The Morgan fingerprint density at radius 1 is 1.62 bits per heavy atom. The SMILES string of the molecule is CNC(=O)OC(N)=O. The van der Waals surface area contributed by atoms with Gasteiger partial charge in [0.2, 0.25) is 0 Å². The Bertz CT molecular complexity index is 111. The molecule has 0 aromatic heterocycles. The Kier molecular flexibility index (Phi) is 2.39. The summed E-state index contributed by atoms with van der Waals surface area (Å²) >= 11 is 0. The summed E-state index contributed by atoms with van der Waals surface area (Å²) in [6, 6.07) is 0. The van der Waals surface area contributed by atoms with Gasteiger partial charge in [-0.25, -0.2) is 9.59 Å². The van der Waals surface area contributed by atoms with E-state index in [0.29, 0.717) is 0 Å². The highest BCUT2D eigenvalue weighted by atomic mass is 16.6. The van der Waals surface area contributed by atoms with E-state index in [1.807, 2.05) is 5.32 Å². The van der Waals surface area contributed by atoms with Crippen LogP contribution in [0.5, 0.6) is 0 Å². The van der Waals surface area contributed by atoms with E-state index < -0.39 is 12.2 Å². The smallest absolute Gasteiger partial charge is 0.360 e. The number of carbonyl (C=O) groups excluding carboxylic acids is 2. The molecule has 0 rings (SSSR count). The highest BCUT2D eigenvalue weighted by Crippen LogP contribution is 1.71. The van der Waals surface area contributed by atoms with Gasteiger partial charge in [0.25, 0.3) is 0 Å². The predicted molar refractivity (Wildman–Crippen MR) is 25.1 cm³/mol. The van der Waals surface area contributed by atoms with E-state index in [1.54, 1.807) is 0 Å². The van der Waals surface area contributed by atoms with E-state index in [4.69, 9.17) is 0 Å². The fourth-order valence-electron chi connectivity index (χ4n) is 0.142. The van der Waals surface area contributed by atoms with Crippen LogP contribution in [0.1, 0.15) is 0 Å². The first-order valence-electron chi connectivity index (χ1n) is 1.86. The van der Waals surface area contributed by atoms with Crippen LogP contribution in [0, 0.1) is 0 Å². The Morgan fingerprint density at radius 3 is 2.25 bits per heavy atom. The topological polar surface area (TPSA) is 81.4 Å². The summed E-state index contributed by atoms with van der Waals surface area (Å²) in [5.74, 6) is 0. The van der Waals surface area contributed by atoms with Gasteiger partial charge in [0.05, 0.1) is 0 Å². The van der Waals surface area contributed by atoms with Gasteiger partial charge in [0.15, 0.2) is 0 Å². The molecule has 0 aliphatic rings. The number of ether oxygens (including phenoxy) is 1. The van der Waals surface area contributed by atoms with Crippen molar-refractivity contribution in [2.75, 3.05) is 7.05 Å². The van der Waals surface area contributed by atoms with Crippen LogP contribution in [-0.4, -0.2) is 19.2 Å². The molecule has 5 nitrogen and oxygen atoms in total. The first-order valence-corrected chi connectivity index (χ1v) is 1.86. The maximum atomic E-state index is 9.99. The molecule has 0 unspecified atom stereocenters. The van der Waals surface area contributed by atoms with Crippen molar-refractivity contribution in [3.05, 3.63) is 0 Å². The van der Waals surface area contributed by atoms with Crippen LogP contribution in [-0.2, 0) is 4.74 Å². The molecule has 0 aliphatic carbocycles. The van der Waals surface area contributed by atoms with Gasteiger partial charge in [0, 0.05) is 7.05 Å². The molecule has 5 heteroatoms. The van der Waals surface area contributed by atoms with Crippen LogP contribution >= 0.6 is 0 Å². The summed E-state index contributed by atoms with van der Waals surface area (Å²) in [6.07, 6.45) is -1.96. The van der Waals surface area contributed by atoms with Crippen molar-refractivity contribution in [3.63, 3.8) is 0 Å². The normalized spacial score (nSPS) is 7.62. The van der Waals surface area contributed by atoms with E-state index >= 15 is 0 Å². The summed E-state index contributed by atoms with van der Waals surface area (Å²) in [7, 11) is 1.32. The molecular weight excluding hydrogens is 112 g/mol. The van der Waals surface area contributed by atoms with Gasteiger partial charge in [-0.15, -0.1) is 0 Å². The number of carbonyl (C=O) groups is 2. The molecule has 0 heterocycles. The second kappa shape index (κ2) is 2.84. The van der Waals surface area contributed by atoms with Crippen molar-refractivity contribution in [2.45, 2.75) is 0 Å². The zero-order chi connectivity index (χ0) is 6.57. The number of amides is 2. The van der Waals surface area contributed by atoms with E-state index in [0.717, 1.165) is 0 Å². The third-order valence-electron chi connectivity index (χ3n) is 0.397. The van der Waals surface area contributed by atoms with E-state index in [9.17, 15) is 9.59 Å². The maximum Gasteiger partial charge on any atom is 0.415 e. The summed E-state index contributed by atoms with van der Waals surface area (Å²) in [5.41, 5.74) is 4.45. The standard InChI is InChI=1S/C3H6N2O3/c1-5-3(7)8-2(4)6/h1H3,(H2,4,6)(H,5,7). The monoisotopic (exact) mass is 118 g/mol. The molecule has 0 fully saturated rings. The first-order chi connectivity index (χ1) is 3.66. The lowest BCUT2D eigenvalue weighted by molar-refractivity contribution is 0.158. The van der Waals surface area contributed by atoms with Gasteiger partial charge < -0.3 is 15.8 Å². The Hall–Kier alpha value is -1.26. The second-order valence-electron chi connectivity index (χ2n) is 0.959. The zero-order valence-corrected chi connectivity index (χ0v) is 4.30. The van der Waals surface area contributed by atoms with Crippen LogP contribution in [0.15, 0.2) is 0 Å². The third kappa shape index (κ3) is 2.95. The Labute approximate surface area is 45.8 Å². The van der Waals surface area contributed by atoms with Crippen LogP contribution < -0.4 is 11.1 Å². The quantitative estimate of drug-likeness (QED) is 0.417. The maximum absolute atomic E-state index is 9.99. The van der Waals surface area contributed by atoms with Gasteiger partial charge in [-0.3, -0.25) is 0 Å². The fraction of sp³-hybridized carbons (Fsp3) is 0.333. The van der Waals surface area contributed by atoms with Gasteiger partial charge in [-0.05, 0) is 0 Å². The number of nitrogens with one attached hydrogen (secondary N) is 1. The average molecular weight is 118 g/mol. The molecule has 0 radical (unpaired) electrons. The van der Waals surface area contributed by atoms with Crippen LogP contribution in [0.3, 0.4) is 0 Å². The highest BCUT2D eigenvalue weighted by Gasteiger charge is 1.99. The molecule has 0 aliphatic heterocycles. The lowest BCUT2D eigenvalue weighted by Gasteiger charge is -1.93. The van der Waals surface area contributed by atoms with Crippen molar-refractivity contribution in [1.82, 2.24) is 5.32 Å². The van der Waals surface area contributed by atoms with Crippen LogP contribution in [0.2, 0.25) is 0 Å². The third-order valence-corrected chi connectivity index (χ3v) is 0.397. The van der Waals surface area contributed by atoms with Gasteiger partial charge >= 0.3 is 12.2 Å². The van der Waals surface area contributed by atoms with Crippen LogP contribution in [0.25, 0.3) is 0 Å². The number of alkyl carbamates (subject to hydrolysis) is 1. The van der Waals surface area contributed by atoms with Crippen LogP contribution in [0.4, 0.5) is 9.59 Å². The lowest BCUT2D eigenvalue weighted by atomic mass is 11.1. The van der Waals surface area contributed by atoms with E-state index in [-0.39, 0.29) is 0 Å². The molecule has 0 atom stereocenters. The molecule has 0 saturated heterocycles. The summed E-state index contributed by atoms with van der Waals surface area (Å²) < 4.78 is 3.79. The number of hydrogen-bond donors (Lipinski definition) is 2. The van der Waals surface area contributed by atoms with E-state index in [2.05, 4.69) is 10.5 Å². The lowest BCUT2D eigenvalue weighted by Crippen LogP contribution is -2.26. The number of primary amides is 1. The number of hydrogen-bond acceptors (Lipinski definition) is 3. The van der Waals surface area contributed by atoms with Crippen molar-refractivity contribution in [3.8, 4) is 0 Å². The minimum atomic E-state index is -1.11. The largest absolute Gasteiger partial charge is 0.415 e. The van der Waals surface area contributed by atoms with Crippen molar-refractivity contribution >= 4 is 12.2 Å². The molecule has 0 aromatic rings.